The highest BCUT2D eigenvalue weighted by atomic mass is 15.0. The summed E-state index contributed by atoms with van der Waals surface area (Å²) < 4.78 is 0. The van der Waals surface area contributed by atoms with Crippen LogP contribution in [0.2, 0.25) is 0 Å². The lowest BCUT2D eigenvalue weighted by Crippen LogP contribution is -2.28. The quantitative estimate of drug-likeness (QED) is 0.652. The molecular weight excluding hydrogens is 134 g/mol. The average molecular weight is 153 g/mol. The third-order valence-corrected chi connectivity index (χ3v) is 3.44. The van der Waals surface area contributed by atoms with Gasteiger partial charge in [-0.05, 0) is 37.0 Å². The Labute approximate surface area is 69.6 Å². The van der Waals surface area contributed by atoms with Gasteiger partial charge in [0.2, 0.25) is 0 Å². The number of hydrogen-bond acceptors (Lipinski definition) is 1. The van der Waals surface area contributed by atoms with Crippen molar-refractivity contribution in [2.45, 2.75) is 45.6 Å². The lowest BCUT2D eigenvalue weighted by Gasteiger charge is -2.19. The summed E-state index contributed by atoms with van der Waals surface area (Å²) in [5.74, 6) is 0.883. The molecule has 2 aliphatic carbocycles. The molecule has 0 aromatic rings. The van der Waals surface area contributed by atoms with Crippen molar-refractivity contribution in [3.63, 3.8) is 0 Å². The first kappa shape index (κ1) is 7.60. The smallest absolute Gasteiger partial charge is 0.00684 e. The van der Waals surface area contributed by atoms with E-state index < -0.39 is 0 Å². The predicted molar refractivity (Wildman–Crippen MR) is 47.5 cm³/mol. The van der Waals surface area contributed by atoms with Crippen molar-refractivity contribution in [3.8, 4) is 0 Å². The van der Waals surface area contributed by atoms with Gasteiger partial charge in [0, 0.05) is 12.6 Å². The zero-order chi connectivity index (χ0) is 7.90. The van der Waals surface area contributed by atoms with Crippen molar-refractivity contribution in [1.29, 1.82) is 0 Å². The summed E-state index contributed by atoms with van der Waals surface area (Å²) in [5, 5.41) is 3.64. The molecule has 0 aromatic heterocycles. The Bertz CT molecular complexity index is 143. The molecule has 1 N–H and O–H groups in total. The summed E-state index contributed by atoms with van der Waals surface area (Å²) in [6.45, 7) is 6.01. The minimum Gasteiger partial charge on any atom is -0.313 e. The molecular formula is C10H19N. The van der Waals surface area contributed by atoms with E-state index in [9.17, 15) is 0 Å². The Hall–Kier alpha value is -0.0400. The van der Waals surface area contributed by atoms with E-state index in [0.29, 0.717) is 5.41 Å². The van der Waals surface area contributed by atoms with Gasteiger partial charge < -0.3 is 5.32 Å². The maximum absolute atomic E-state index is 3.64. The zero-order valence-electron chi connectivity index (χ0n) is 7.69. The van der Waals surface area contributed by atoms with Crippen molar-refractivity contribution >= 4 is 0 Å². The SMILES string of the molecule is CC(C)C1(CNC2CC2)CC1. The van der Waals surface area contributed by atoms with Crippen LogP contribution in [0.25, 0.3) is 0 Å². The van der Waals surface area contributed by atoms with Gasteiger partial charge in [-0.15, -0.1) is 0 Å². The van der Waals surface area contributed by atoms with Crippen LogP contribution in [-0.2, 0) is 0 Å². The van der Waals surface area contributed by atoms with Crippen LogP contribution in [-0.4, -0.2) is 12.6 Å². The normalized spacial score (nSPS) is 27.5. The number of hydrogen-bond donors (Lipinski definition) is 1. The molecule has 1 nitrogen and oxygen atoms in total. The first-order valence-corrected chi connectivity index (χ1v) is 4.96. The summed E-state index contributed by atoms with van der Waals surface area (Å²) >= 11 is 0. The lowest BCUT2D eigenvalue weighted by atomic mass is 9.92. The van der Waals surface area contributed by atoms with E-state index in [2.05, 4.69) is 19.2 Å². The van der Waals surface area contributed by atoms with Crippen molar-refractivity contribution in [3.05, 3.63) is 0 Å². The molecule has 2 rings (SSSR count). The van der Waals surface area contributed by atoms with Gasteiger partial charge in [-0.1, -0.05) is 13.8 Å². The first-order chi connectivity index (χ1) is 5.23. The molecule has 2 fully saturated rings. The fraction of sp³-hybridized carbons (Fsp3) is 1.00. The second-order valence-electron chi connectivity index (χ2n) is 4.67. The molecule has 0 aliphatic heterocycles. The zero-order valence-corrected chi connectivity index (χ0v) is 7.69. The van der Waals surface area contributed by atoms with Crippen molar-refractivity contribution < 1.29 is 0 Å². The Morgan fingerprint density at radius 3 is 2.36 bits per heavy atom. The van der Waals surface area contributed by atoms with Crippen LogP contribution in [0.1, 0.15) is 39.5 Å². The summed E-state index contributed by atoms with van der Waals surface area (Å²) in [6, 6.07) is 0.895. The number of nitrogens with one attached hydrogen (secondary N) is 1. The minimum atomic E-state index is 0.711. The van der Waals surface area contributed by atoms with Gasteiger partial charge in [0.15, 0.2) is 0 Å². The van der Waals surface area contributed by atoms with Gasteiger partial charge in [0.1, 0.15) is 0 Å². The third kappa shape index (κ3) is 1.58. The molecule has 0 atom stereocenters. The number of rotatable bonds is 4. The second kappa shape index (κ2) is 2.48. The van der Waals surface area contributed by atoms with Crippen molar-refractivity contribution in [1.82, 2.24) is 5.32 Å². The molecule has 11 heavy (non-hydrogen) atoms. The standard InChI is InChI=1S/C10H19N/c1-8(2)10(5-6-10)7-11-9-3-4-9/h8-9,11H,3-7H2,1-2H3. The summed E-state index contributed by atoms with van der Waals surface area (Å²) in [7, 11) is 0. The Morgan fingerprint density at radius 2 is 2.00 bits per heavy atom. The molecule has 0 spiro atoms. The van der Waals surface area contributed by atoms with Crippen LogP contribution in [0, 0.1) is 11.3 Å². The van der Waals surface area contributed by atoms with Crippen molar-refractivity contribution in [2.75, 3.05) is 6.54 Å². The highest BCUT2D eigenvalue weighted by molar-refractivity contribution is 4.98. The molecule has 2 aliphatic rings. The molecule has 2 saturated carbocycles. The molecule has 64 valence electrons. The molecule has 0 heterocycles. The first-order valence-electron chi connectivity index (χ1n) is 4.96. The largest absolute Gasteiger partial charge is 0.313 e. The van der Waals surface area contributed by atoms with E-state index in [-0.39, 0.29) is 0 Å². The minimum absolute atomic E-state index is 0.711. The van der Waals surface area contributed by atoms with Crippen LogP contribution < -0.4 is 5.32 Å². The average Bonchev–Trinajstić information content (AvgIpc) is 2.82. The van der Waals surface area contributed by atoms with Crippen LogP contribution in [0.3, 0.4) is 0 Å². The topological polar surface area (TPSA) is 12.0 Å². The molecule has 0 amide bonds. The summed E-state index contributed by atoms with van der Waals surface area (Å²) in [6.07, 6.45) is 5.77. The fourth-order valence-electron chi connectivity index (χ4n) is 1.75. The van der Waals surface area contributed by atoms with E-state index in [1.807, 2.05) is 0 Å². The van der Waals surface area contributed by atoms with Gasteiger partial charge in [-0.3, -0.25) is 0 Å². The molecule has 0 aromatic carbocycles. The molecule has 0 unspecified atom stereocenters. The molecule has 0 bridgehead atoms. The summed E-state index contributed by atoms with van der Waals surface area (Å²) in [4.78, 5) is 0. The Kier molecular flexibility index (Phi) is 1.71. The Morgan fingerprint density at radius 1 is 1.36 bits per heavy atom. The summed E-state index contributed by atoms with van der Waals surface area (Å²) in [5.41, 5.74) is 0.711. The second-order valence-corrected chi connectivity index (χ2v) is 4.67. The van der Waals surface area contributed by atoms with Crippen LogP contribution in [0.5, 0.6) is 0 Å². The third-order valence-electron chi connectivity index (χ3n) is 3.44. The van der Waals surface area contributed by atoms with Gasteiger partial charge in [0.05, 0.1) is 0 Å². The molecule has 1 heteroatoms. The van der Waals surface area contributed by atoms with E-state index in [0.717, 1.165) is 12.0 Å². The maximum atomic E-state index is 3.64. The maximum Gasteiger partial charge on any atom is 0.00684 e. The predicted octanol–water partition coefficient (Wildman–Crippen LogP) is 2.17. The van der Waals surface area contributed by atoms with Crippen LogP contribution in [0.4, 0.5) is 0 Å². The van der Waals surface area contributed by atoms with Crippen LogP contribution >= 0.6 is 0 Å². The van der Waals surface area contributed by atoms with E-state index in [4.69, 9.17) is 0 Å². The van der Waals surface area contributed by atoms with E-state index >= 15 is 0 Å². The van der Waals surface area contributed by atoms with Crippen LogP contribution in [0.15, 0.2) is 0 Å². The van der Waals surface area contributed by atoms with Crippen molar-refractivity contribution in [2.24, 2.45) is 11.3 Å². The lowest BCUT2D eigenvalue weighted by molar-refractivity contribution is 0.337. The highest BCUT2D eigenvalue weighted by Crippen LogP contribution is 2.51. The van der Waals surface area contributed by atoms with Gasteiger partial charge in [-0.25, -0.2) is 0 Å². The molecule has 0 radical (unpaired) electrons. The van der Waals surface area contributed by atoms with E-state index in [1.54, 1.807) is 0 Å². The highest BCUT2D eigenvalue weighted by Gasteiger charge is 2.45. The van der Waals surface area contributed by atoms with Gasteiger partial charge in [0.25, 0.3) is 0 Å². The Balaban J connectivity index is 1.74. The monoisotopic (exact) mass is 153 g/mol. The fourth-order valence-corrected chi connectivity index (χ4v) is 1.75. The van der Waals surface area contributed by atoms with Gasteiger partial charge in [-0.2, -0.15) is 0 Å². The van der Waals surface area contributed by atoms with Gasteiger partial charge >= 0.3 is 0 Å². The molecule has 0 saturated heterocycles. The van der Waals surface area contributed by atoms with E-state index in [1.165, 1.54) is 32.2 Å².